The van der Waals surface area contributed by atoms with Crippen molar-refractivity contribution in [2.24, 2.45) is 0 Å². The molecule has 0 aliphatic carbocycles. The standard InChI is InChI=1S/C28H48NO7P/c1-5-6-7-8-9-10-11-12-13-14-15-16-17-18-19-20-21-22-28(31)36-27(25-30)26-35-37(32,33)34-24-23-29(2,3)4/h13-22,27,30H,5-12,23-26H2,1-4H3/t27-/m0/s1. The highest BCUT2D eigenvalue weighted by molar-refractivity contribution is 7.45. The monoisotopic (exact) mass is 541 g/mol. The molecule has 0 aliphatic heterocycles. The lowest BCUT2D eigenvalue weighted by atomic mass is 10.1. The highest BCUT2D eigenvalue weighted by Gasteiger charge is 2.18. The molecular weight excluding hydrogens is 493 g/mol. The smallest absolute Gasteiger partial charge is 0.331 e. The van der Waals surface area contributed by atoms with E-state index < -0.39 is 33.1 Å². The van der Waals surface area contributed by atoms with Crippen molar-refractivity contribution in [3.05, 3.63) is 60.8 Å². The van der Waals surface area contributed by atoms with Gasteiger partial charge in [-0.1, -0.05) is 100 Å². The van der Waals surface area contributed by atoms with Gasteiger partial charge in [-0.05, 0) is 12.8 Å². The fraction of sp³-hybridized carbons (Fsp3) is 0.607. The number of carbonyl (C=O) groups is 1. The first kappa shape index (κ1) is 35.2. The SMILES string of the molecule is CCCCCCCCCC=CC=CC=CC=CC=CC(=O)O[C@@H](CO)COP(=O)([O-])OCC[N+](C)(C)C. The Balaban J connectivity index is 4.10. The molecule has 1 N–H and O–H groups in total. The van der Waals surface area contributed by atoms with Crippen molar-refractivity contribution < 1.29 is 37.6 Å². The lowest BCUT2D eigenvalue weighted by Gasteiger charge is -2.28. The number of rotatable bonds is 22. The van der Waals surface area contributed by atoms with E-state index >= 15 is 0 Å². The Hall–Kier alpha value is -1.80. The summed E-state index contributed by atoms with van der Waals surface area (Å²) < 4.78 is 26.8. The van der Waals surface area contributed by atoms with Gasteiger partial charge < -0.3 is 28.3 Å². The van der Waals surface area contributed by atoms with Crippen molar-refractivity contribution in [1.82, 2.24) is 0 Å². The maximum absolute atomic E-state index is 11.9. The predicted molar refractivity (Wildman–Crippen MR) is 148 cm³/mol. The second kappa shape index (κ2) is 22.2. The first-order valence-corrected chi connectivity index (χ1v) is 14.6. The second-order valence-corrected chi connectivity index (χ2v) is 11.1. The Bertz CT molecular complexity index is 782. The molecule has 0 fully saturated rings. The summed E-state index contributed by atoms with van der Waals surface area (Å²) in [5.41, 5.74) is 0. The van der Waals surface area contributed by atoms with E-state index in [1.54, 1.807) is 12.2 Å². The van der Waals surface area contributed by atoms with Gasteiger partial charge in [-0.25, -0.2) is 4.79 Å². The summed E-state index contributed by atoms with van der Waals surface area (Å²) in [5, 5.41) is 9.32. The molecule has 0 aromatic rings. The van der Waals surface area contributed by atoms with Crippen LogP contribution in [0.25, 0.3) is 0 Å². The van der Waals surface area contributed by atoms with Crippen molar-refractivity contribution in [2.45, 2.75) is 64.4 Å². The third-order valence-electron chi connectivity index (χ3n) is 5.04. The third-order valence-corrected chi connectivity index (χ3v) is 6.00. The first-order valence-electron chi connectivity index (χ1n) is 13.1. The summed E-state index contributed by atoms with van der Waals surface area (Å²) in [5.74, 6) is -0.728. The molecule has 0 saturated heterocycles. The minimum atomic E-state index is -4.55. The summed E-state index contributed by atoms with van der Waals surface area (Å²) >= 11 is 0. The summed E-state index contributed by atoms with van der Waals surface area (Å²) in [6.45, 7) is 1.55. The highest BCUT2D eigenvalue weighted by atomic mass is 31.2. The number of allylic oxidation sites excluding steroid dienone is 9. The van der Waals surface area contributed by atoms with Gasteiger partial charge in [0.05, 0.1) is 34.4 Å². The first-order chi connectivity index (χ1) is 17.6. The number of hydrogen-bond acceptors (Lipinski definition) is 7. The van der Waals surface area contributed by atoms with Crippen LogP contribution in [0, 0.1) is 0 Å². The van der Waals surface area contributed by atoms with Gasteiger partial charge in [0.25, 0.3) is 7.82 Å². The van der Waals surface area contributed by atoms with Gasteiger partial charge in [0, 0.05) is 6.08 Å². The molecule has 9 heteroatoms. The van der Waals surface area contributed by atoms with Crippen molar-refractivity contribution in [1.29, 1.82) is 0 Å². The van der Waals surface area contributed by atoms with Crippen molar-refractivity contribution in [3.8, 4) is 0 Å². The van der Waals surface area contributed by atoms with E-state index in [1.807, 2.05) is 51.5 Å². The lowest BCUT2D eigenvalue weighted by molar-refractivity contribution is -0.870. The molecule has 0 amide bonds. The molecule has 2 atom stereocenters. The Kier molecular flexibility index (Phi) is 21.1. The van der Waals surface area contributed by atoms with E-state index in [0.717, 1.165) is 6.42 Å². The van der Waals surface area contributed by atoms with Gasteiger partial charge in [-0.15, -0.1) is 0 Å². The van der Waals surface area contributed by atoms with Crippen LogP contribution >= 0.6 is 7.82 Å². The van der Waals surface area contributed by atoms with Crippen molar-refractivity contribution >= 4 is 13.8 Å². The average Bonchev–Trinajstić information content (AvgIpc) is 2.82. The van der Waals surface area contributed by atoms with Crippen LogP contribution in [0.5, 0.6) is 0 Å². The topological polar surface area (TPSA) is 105 Å². The Morgan fingerprint density at radius 3 is 2.05 bits per heavy atom. The number of unbranched alkanes of at least 4 members (excludes halogenated alkanes) is 7. The number of quaternary nitrogens is 1. The normalized spacial score (nSPS) is 15.5. The zero-order valence-electron chi connectivity index (χ0n) is 23.1. The second-order valence-electron chi connectivity index (χ2n) is 9.68. The van der Waals surface area contributed by atoms with Gasteiger partial charge in [-0.2, -0.15) is 0 Å². The minimum absolute atomic E-state index is 0.0385. The molecule has 0 aromatic carbocycles. The van der Waals surface area contributed by atoms with E-state index in [9.17, 15) is 19.4 Å². The number of nitrogens with zero attached hydrogens (tertiary/aromatic N) is 1. The summed E-state index contributed by atoms with van der Waals surface area (Å²) in [7, 11) is 1.14. The number of aliphatic hydroxyl groups is 1. The number of aliphatic hydroxyl groups excluding tert-OH is 1. The third kappa shape index (κ3) is 25.6. The molecular formula is C28H48NO7P. The van der Waals surface area contributed by atoms with Gasteiger partial charge in [0.2, 0.25) is 0 Å². The van der Waals surface area contributed by atoms with Gasteiger partial charge in [0.15, 0.2) is 0 Å². The minimum Gasteiger partial charge on any atom is -0.756 e. The summed E-state index contributed by atoms with van der Waals surface area (Å²) in [4.78, 5) is 23.6. The zero-order chi connectivity index (χ0) is 27.8. The van der Waals surface area contributed by atoms with E-state index in [4.69, 9.17) is 13.8 Å². The maximum Gasteiger partial charge on any atom is 0.331 e. The van der Waals surface area contributed by atoms with Crippen LogP contribution < -0.4 is 4.89 Å². The summed E-state index contributed by atoms with van der Waals surface area (Å²) in [6.07, 6.45) is 27.1. The number of phosphoric acid groups is 1. The fourth-order valence-corrected chi connectivity index (χ4v) is 3.61. The van der Waals surface area contributed by atoms with Crippen LogP contribution in [0.3, 0.4) is 0 Å². The van der Waals surface area contributed by atoms with Crippen molar-refractivity contribution in [3.63, 3.8) is 0 Å². The highest BCUT2D eigenvalue weighted by Crippen LogP contribution is 2.38. The van der Waals surface area contributed by atoms with E-state index in [0.29, 0.717) is 11.0 Å². The van der Waals surface area contributed by atoms with Crippen molar-refractivity contribution in [2.75, 3.05) is 47.5 Å². The van der Waals surface area contributed by atoms with Gasteiger partial charge >= 0.3 is 5.97 Å². The van der Waals surface area contributed by atoms with Crippen LogP contribution in [0.4, 0.5) is 0 Å². The fourth-order valence-electron chi connectivity index (χ4n) is 2.88. The molecule has 0 saturated carbocycles. The molecule has 212 valence electrons. The number of esters is 1. The van der Waals surface area contributed by atoms with E-state index in [2.05, 4.69) is 13.0 Å². The van der Waals surface area contributed by atoms with E-state index in [-0.39, 0.29) is 6.61 Å². The molecule has 0 rings (SSSR count). The Labute approximate surface area is 224 Å². The van der Waals surface area contributed by atoms with Gasteiger partial charge in [0.1, 0.15) is 19.3 Å². The predicted octanol–water partition coefficient (Wildman–Crippen LogP) is 5.02. The number of carbonyl (C=O) groups excluding carboxylic acids is 1. The van der Waals surface area contributed by atoms with Gasteiger partial charge in [-0.3, -0.25) is 4.57 Å². The summed E-state index contributed by atoms with van der Waals surface area (Å²) in [6, 6.07) is 0. The molecule has 8 nitrogen and oxygen atoms in total. The van der Waals surface area contributed by atoms with Crippen LogP contribution in [0.15, 0.2) is 60.8 Å². The van der Waals surface area contributed by atoms with Crippen LogP contribution in [0.2, 0.25) is 0 Å². The Morgan fingerprint density at radius 2 is 1.46 bits per heavy atom. The molecule has 1 unspecified atom stereocenters. The molecule has 0 heterocycles. The number of ether oxygens (including phenoxy) is 1. The van der Waals surface area contributed by atoms with E-state index in [1.165, 1.54) is 57.1 Å². The number of hydrogen-bond donors (Lipinski definition) is 1. The zero-order valence-corrected chi connectivity index (χ0v) is 24.0. The quantitative estimate of drug-likeness (QED) is 0.0512. The molecule has 37 heavy (non-hydrogen) atoms. The lowest BCUT2D eigenvalue weighted by Crippen LogP contribution is -2.37. The molecule has 0 bridgehead atoms. The molecule has 0 aliphatic rings. The molecule has 0 radical (unpaired) electrons. The number of phosphoric ester groups is 1. The Morgan fingerprint density at radius 1 is 0.892 bits per heavy atom. The molecule has 0 aromatic heterocycles. The largest absolute Gasteiger partial charge is 0.756 e. The van der Waals surface area contributed by atoms with Crippen LogP contribution in [-0.2, 0) is 23.1 Å². The average molecular weight is 542 g/mol. The van der Waals surface area contributed by atoms with Crippen LogP contribution in [-0.4, -0.2) is 69.2 Å². The van der Waals surface area contributed by atoms with Crippen LogP contribution in [0.1, 0.15) is 58.3 Å². The maximum atomic E-state index is 11.9. The molecule has 0 spiro atoms. The number of likely N-dealkylation sites (N-methyl/N-ethyl adjacent to an activating group) is 1.